The molecular weight excluding hydrogens is 301 g/mol. The highest BCUT2D eigenvalue weighted by Crippen LogP contribution is 2.30. The lowest BCUT2D eigenvalue weighted by molar-refractivity contribution is -0.167. The summed E-state index contributed by atoms with van der Waals surface area (Å²) in [6, 6.07) is 1.40. The van der Waals surface area contributed by atoms with Crippen molar-refractivity contribution in [1.82, 2.24) is 9.55 Å². The van der Waals surface area contributed by atoms with Crippen LogP contribution in [0.15, 0.2) is 17.1 Å². The second-order valence-corrected chi connectivity index (χ2v) is 5.17. The summed E-state index contributed by atoms with van der Waals surface area (Å²) in [6.45, 7) is 2.42. The molecule has 0 aromatic carbocycles. The molecule has 9 nitrogen and oxygen atoms in total. The van der Waals surface area contributed by atoms with Gasteiger partial charge in [-0.1, -0.05) is 0 Å². The maximum Gasteiger partial charge on any atom is 0.351 e. The molecule has 1 aromatic heterocycles. The summed E-state index contributed by atoms with van der Waals surface area (Å²) in [6.07, 6.45) is -3.14. The van der Waals surface area contributed by atoms with E-state index < -0.39 is 30.4 Å². The molecule has 2 rings (SSSR count). The lowest BCUT2D eigenvalue weighted by Gasteiger charge is -2.16. The minimum Gasteiger partial charge on any atom is -0.385 e. The number of aliphatic hydroxyl groups is 2. The van der Waals surface area contributed by atoms with Crippen molar-refractivity contribution in [2.45, 2.75) is 31.6 Å². The second kappa shape index (κ2) is 7.26. The molecule has 0 radical (unpaired) electrons. The zero-order valence-corrected chi connectivity index (χ0v) is 12.4. The van der Waals surface area contributed by atoms with E-state index in [1.807, 2.05) is 6.92 Å². The highest BCUT2D eigenvalue weighted by molar-refractivity contribution is 7.31. The van der Waals surface area contributed by atoms with Gasteiger partial charge in [-0.2, -0.15) is 4.98 Å². The third kappa shape index (κ3) is 3.76. The van der Waals surface area contributed by atoms with E-state index in [0.717, 1.165) is 4.57 Å². The number of rotatable bonds is 6. The average molecular weight is 319 g/mol. The molecule has 4 N–H and O–H groups in total. The van der Waals surface area contributed by atoms with E-state index in [1.165, 1.54) is 12.3 Å². The molecule has 1 aliphatic rings. The summed E-state index contributed by atoms with van der Waals surface area (Å²) in [7, 11) is 0.103. The van der Waals surface area contributed by atoms with E-state index >= 15 is 0 Å². The first-order valence-corrected chi connectivity index (χ1v) is 7.48. The van der Waals surface area contributed by atoms with Crippen LogP contribution in [0.3, 0.4) is 0 Å². The Hall–Kier alpha value is -1.09. The van der Waals surface area contributed by atoms with E-state index in [-0.39, 0.29) is 21.0 Å². The predicted octanol–water partition coefficient (Wildman–Crippen LogP) is -0.994. The first-order valence-electron chi connectivity index (χ1n) is 6.37. The van der Waals surface area contributed by atoms with E-state index in [4.69, 9.17) is 19.7 Å². The van der Waals surface area contributed by atoms with Gasteiger partial charge in [0.2, 0.25) is 0 Å². The number of aromatic nitrogens is 2. The fourth-order valence-electron chi connectivity index (χ4n) is 1.88. The quantitative estimate of drug-likeness (QED) is 0.450. The third-order valence-electron chi connectivity index (χ3n) is 2.87. The monoisotopic (exact) mass is 319 g/mol. The summed E-state index contributed by atoms with van der Waals surface area (Å²) < 4.78 is 16.9. The number of ether oxygens (including phenoxy) is 2. The maximum atomic E-state index is 11.7. The average Bonchev–Trinajstić information content (AvgIpc) is 2.72. The summed E-state index contributed by atoms with van der Waals surface area (Å²) in [5, 5.41) is 19.9. The standard InChI is InChI=1S/C11H18N3O6P/c1-2-19-21-5-18-10-8(16)7(15)9(20-10)14-4-3-6(12)13-11(14)17/h3-4,7-10,15-16,21H,2,5H2,1H3,(H2,12,13,17). The number of anilines is 1. The van der Waals surface area contributed by atoms with Crippen molar-refractivity contribution in [3.8, 4) is 0 Å². The van der Waals surface area contributed by atoms with Crippen LogP contribution in [0, 0.1) is 0 Å². The number of nitrogens with two attached hydrogens (primary N) is 1. The van der Waals surface area contributed by atoms with Crippen LogP contribution < -0.4 is 11.4 Å². The number of nitrogens with zero attached hydrogens (tertiary/aromatic N) is 2. The SMILES string of the molecule is CCOPCOC1OC(n2ccc(N)nc2=O)C(O)C1O. The van der Waals surface area contributed by atoms with Gasteiger partial charge in [0, 0.05) is 21.6 Å². The van der Waals surface area contributed by atoms with Crippen LogP contribution in [-0.2, 0) is 14.0 Å². The van der Waals surface area contributed by atoms with Crippen molar-refractivity contribution < 1.29 is 24.2 Å². The molecule has 0 bridgehead atoms. The van der Waals surface area contributed by atoms with Gasteiger partial charge >= 0.3 is 5.69 Å². The lowest BCUT2D eigenvalue weighted by Crippen LogP contribution is -2.35. The molecule has 0 aliphatic carbocycles. The molecule has 0 saturated carbocycles. The van der Waals surface area contributed by atoms with Gasteiger partial charge in [0.05, 0.1) is 6.35 Å². The van der Waals surface area contributed by atoms with E-state index in [9.17, 15) is 15.0 Å². The van der Waals surface area contributed by atoms with Crippen LogP contribution in [0.4, 0.5) is 5.82 Å². The van der Waals surface area contributed by atoms with Crippen molar-refractivity contribution >= 4 is 14.6 Å². The topological polar surface area (TPSA) is 129 Å². The molecule has 2 heterocycles. The van der Waals surface area contributed by atoms with Crippen LogP contribution in [0.5, 0.6) is 0 Å². The molecule has 1 aromatic rings. The van der Waals surface area contributed by atoms with Crippen molar-refractivity contribution in [2.24, 2.45) is 0 Å². The highest BCUT2D eigenvalue weighted by Gasteiger charge is 2.44. The molecular formula is C11H18N3O6P. The van der Waals surface area contributed by atoms with E-state index in [2.05, 4.69) is 4.98 Å². The Bertz CT molecular complexity index is 527. The molecule has 5 atom stereocenters. The van der Waals surface area contributed by atoms with Gasteiger partial charge in [0.15, 0.2) is 12.5 Å². The maximum absolute atomic E-state index is 11.7. The van der Waals surface area contributed by atoms with Gasteiger partial charge in [-0.05, 0) is 13.0 Å². The molecule has 21 heavy (non-hydrogen) atoms. The molecule has 1 aliphatic heterocycles. The van der Waals surface area contributed by atoms with Crippen LogP contribution in [-0.4, -0.2) is 51.2 Å². The summed E-state index contributed by atoms with van der Waals surface area (Å²) >= 11 is 0. The van der Waals surface area contributed by atoms with E-state index in [1.54, 1.807) is 0 Å². The molecule has 0 amide bonds. The van der Waals surface area contributed by atoms with Crippen LogP contribution in [0.2, 0.25) is 0 Å². The minimum atomic E-state index is -1.31. The second-order valence-electron chi connectivity index (χ2n) is 4.31. The molecule has 0 spiro atoms. The predicted molar refractivity (Wildman–Crippen MR) is 74.7 cm³/mol. The summed E-state index contributed by atoms with van der Waals surface area (Å²) in [5.41, 5.74) is 4.72. The first kappa shape index (κ1) is 16.3. The Morgan fingerprint density at radius 1 is 1.52 bits per heavy atom. The molecule has 118 valence electrons. The zero-order valence-electron chi connectivity index (χ0n) is 11.4. The lowest BCUT2D eigenvalue weighted by atomic mass is 10.2. The van der Waals surface area contributed by atoms with Crippen molar-refractivity contribution in [1.29, 1.82) is 0 Å². The molecule has 1 fully saturated rings. The minimum absolute atomic E-state index is 0.0648. The molecule has 5 unspecified atom stereocenters. The van der Waals surface area contributed by atoms with Crippen LogP contribution in [0.25, 0.3) is 0 Å². The van der Waals surface area contributed by atoms with Gasteiger partial charge in [-0.15, -0.1) is 0 Å². The smallest absolute Gasteiger partial charge is 0.351 e. The third-order valence-corrected chi connectivity index (χ3v) is 3.65. The molecule has 10 heteroatoms. The molecule has 1 saturated heterocycles. The van der Waals surface area contributed by atoms with Gasteiger partial charge in [0.25, 0.3) is 0 Å². The van der Waals surface area contributed by atoms with Crippen LogP contribution >= 0.6 is 8.81 Å². The fraction of sp³-hybridized carbons (Fsp3) is 0.636. The number of aliphatic hydroxyl groups excluding tert-OH is 2. The number of hydrogen-bond acceptors (Lipinski definition) is 8. The van der Waals surface area contributed by atoms with Crippen molar-refractivity contribution in [3.63, 3.8) is 0 Å². The zero-order chi connectivity index (χ0) is 15.4. The summed E-state index contributed by atoms with van der Waals surface area (Å²) in [4.78, 5) is 15.3. The summed E-state index contributed by atoms with van der Waals surface area (Å²) in [5.74, 6) is 0.0648. The fourth-order valence-corrected chi connectivity index (χ4v) is 2.40. The van der Waals surface area contributed by atoms with Gasteiger partial charge in [0.1, 0.15) is 18.0 Å². The largest absolute Gasteiger partial charge is 0.385 e. The Morgan fingerprint density at radius 3 is 2.95 bits per heavy atom. The van der Waals surface area contributed by atoms with Crippen molar-refractivity contribution in [2.75, 3.05) is 18.7 Å². The van der Waals surface area contributed by atoms with Crippen molar-refractivity contribution in [3.05, 3.63) is 22.7 Å². The normalized spacial score (nSPS) is 29.5. The first-order chi connectivity index (χ1) is 10.0. The Kier molecular flexibility index (Phi) is 5.63. The number of hydrogen-bond donors (Lipinski definition) is 3. The Balaban J connectivity index is 2.03. The number of nitrogen functional groups attached to an aromatic ring is 1. The Morgan fingerprint density at radius 2 is 2.29 bits per heavy atom. The van der Waals surface area contributed by atoms with Gasteiger partial charge in [-0.25, -0.2) is 4.79 Å². The van der Waals surface area contributed by atoms with E-state index in [0.29, 0.717) is 6.61 Å². The van der Waals surface area contributed by atoms with Gasteiger partial charge < -0.3 is 29.9 Å². The van der Waals surface area contributed by atoms with Gasteiger partial charge in [-0.3, -0.25) is 4.57 Å². The Labute approximate surface area is 122 Å². The highest BCUT2D eigenvalue weighted by atomic mass is 31.1. The van der Waals surface area contributed by atoms with Crippen LogP contribution in [0.1, 0.15) is 13.2 Å².